The Morgan fingerprint density at radius 1 is 1.38 bits per heavy atom. The second kappa shape index (κ2) is 7.54. The maximum absolute atomic E-state index is 12.0. The minimum absolute atomic E-state index is 0.0288. The summed E-state index contributed by atoms with van der Waals surface area (Å²) in [5.41, 5.74) is 7.40. The minimum Gasteiger partial charge on any atom is -0.348 e. The van der Waals surface area contributed by atoms with E-state index in [2.05, 4.69) is 15.6 Å². The molecule has 2 rings (SSSR count). The fraction of sp³-hybridized carbons (Fsp3) is 0.400. The number of carbonyl (C=O) groups is 1. The van der Waals surface area contributed by atoms with Crippen LogP contribution in [0.3, 0.4) is 0 Å². The Balaban J connectivity index is 1.85. The number of carbonyl (C=O) groups excluding carboxylic acids is 1. The zero-order valence-electron chi connectivity index (χ0n) is 12.2. The summed E-state index contributed by atoms with van der Waals surface area (Å²) in [5, 5.41) is 10.9. The van der Waals surface area contributed by atoms with Crippen LogP contribution < -0.4 is 11.1 Å². The topological polar surface area (TPSA) is 85.8 Å². The zero-order chi connectivity index (χ0) is 15.1. The average Bonchev–Trinajstić information content (AvgIpc) is 2.93. The Morgan fingerprint density at radius 3 is 2.86 bits per heavy atom. The van der Waals surface area contributed by atoms with Gasteiger partial charge < -0.3 is 11.1 Å². The molecule has 6 nitrogen and oxygen atoms in total. The summed E-state index contributed by atoms with van der Waals surface area (Å²) in [4.78, 5) is 12.0. The van der Waals surface area contributed by atoms with E-state index in [1.54, 1.807) is 10.9 Å². The van der Waals surface area contributed by atoms with E-state index in [1.807, 2.05) is 37.3 Å². The molecule has 3 N–H and O–H groups in total. The first-order valence-corrected chi connectivity index (χ1v) is 7.12. The summed E-state index contributed by atoms with van der Waals surface area (Å²) in [6.07, 6.45) is 3.46. The van der Waals surface area contributed by atoms with Gasteiger partial charge in [-0.05, 0) is 31.9 Å². The van der Waals surface area contributed by atoms with E-state index in [4.69, 9.17) is 5.73 Å². The van der Waals surface area contributed by atoms with E-state index in [1.165, 1.54) is 0 Å². The second-order valence-electron chi connectivity index (χ2n) is 5.00. The largest absolute Gasteiger partial charge is 0.348 e. The lowest BCUT2D eigenvalue weighted by Gasteiger charge is -2.13. The molecule has 0 spiro atoms. The van der Waals surface area contributed by atoms with Crippen molar-refractivity contribution in [2.24, 2.45) is 5.73 Å². The molecule has 0 fully saturated rings. The van der Waals surface area contributed by atoms with Crippen molar-refractivity contribution in [1.29, 1.82) is 0 Å². The number of benzene rings is 1. The predicted molar refractivity (Wildman–Crippen MR) is 80.4 cm³/mol. The van der Waals surface area contributed by atoms with E-state index in [0.29, 0.717) is 6.54 Å². The van der Waals surface area contributed by atoms with Gasteiger partial charge in [-0.3, -0.25) is 4.79 Å². The fourth-order valence-corrected chi connectivity index (χ4v) is 2.07. The van der Waals surface area contributed by atoms with Gasteiger partial charge in [-0.2, -0.15) is 0 Å². The quantitative estimate of drug-likeness (QED) is 0.797. The summed E-state index contributed by atoms with van der Waals surface area (Å²) in [7, 11) is 0. The number of aromatic nitrogens is 3. The first-order valence-electron chi connectivity index (χ1n) is 7.12. The third-order valence-corrected chi connectivity index (χ3v) is 3.21. The van der Waals surface area contributed by atoms with Crippen LogP contribution in [0, 0.1) is 0 Å². The summed E-state index contributed by atoms with van der Waals surface area (Å²) in [5.74, 6) is -0.0818. The lowest BCUT2D eigenvalue weighted by Crippen LogP contribution is -2.30. The molecule has 1 unspecified atom stereocenters. The van der Waals surface area contributed by atoms with Gasteiger partial charge in [0.1, 0.15) is 6.54 Å². The number of nitrogens with two attached hydrogens (primary N) is 1. The van der Waals surface area contributed by atoms with Crippen LogP contribution in [0.1, 0.15) is 30.6 Å². The molecule has 0 saturated carbocycles. The molecule has 1 amide bonds. The molecular weight excluding hydrogens is 266 g/mol. The van der Waals surface area contributed by atoms with Gasteiger partial charge >= 0.3 is 0 Å². The van der Waals surface area contributed by atoms with Crippen LogP contribution in [-0.2, 0) is 17.8 Å². The van der Waals surface area contributed by atoms with Crippen LogP contribution in [0.15, 0.2) is 36.5 Å². The molecule has 0 aliphatic rings. The van der Waals surface area contributed by atoms with Crippen molar-refractivity contribution in [2.75, 3.05) is 6.54 Å². The summed E-state index contributed by atoms with van der Waals surface area (Å²) < 4.78 is 1.55. The third-order valence-electron chi connectivity index (χ3n) is 3.21. The molecule has 0 bridgehead atoms. The first kappa shape index (κ1) is 15.2. The number of nitrogens with one attached hydrogen (secondary N) is 1. The summed E-state index contributed by atoms with van der Waals surface area (Å²) in [6, 6.07) is 9.82. The van der Waals surface area contributed by atoms with Gasteiger partial charge in [-0.15, -0.1) is 5.10 Å². The fourth-order valence-electron chi connectivity index (χ4n) is 2.07. The Bertz CT molecular complexity index is 566. The Morgan fingerprint density at radius 2 is 2.14 bits per heavy atom. The van der Waals surface area contributed by atoms with Crippen LogP contribution in [0.4, 0.5) is 0 Å². The monoisotopic (exact) mass is 287 g/mol. The summed E-state index contributed by atoms with van der Waals surface area (Å²) in [6.45, 7) is 2.76. The van der Waals surface area contributed by atoms with E-state index < -0.39 is 0 Å². The highest BCUT2D eigenvalue weighted by molar-refractivity contribution is 5.76. The molecule has 0 radical (unpaired) electrons. The van der Waals surface area contributed by atoms with E-state index in [9.17, 15) is 4.79 Å². The highest BCUT2D eigenvalue weighted by atomic mass is 16.2. The maximum atomic E-state index is 12.0. The van der Waals surface area contributed by atoms with Crippen molar-refractivity contribution in [1.82, 2.24) is 20.3 Å². The van der Waals surface area contributed by atoms with Crippen molar-refractivity contribution in [3.05, 3.63) is 47.8 Å². The number of hydrogen-bond acceptors (Lipinski definition) is 4. The first-order chi connectivity index (χ1) is 10.2. The Hall–Kier alpha value is -2.21. The van der Waals surface area contributed by atoms with Gasteiger partial charge in [-0.25, -0.2) is 4.68 Å². The smallest absolute Gasteiger partial charge is 0.242 e. The second-order valence-corrected chi connectivity index (χ2v) is 5.00. The normalized spacial score (nSPS) is 12.1. The van der Waals surface area contributed by atoms with Crippen molar-refractivity contribution >= 4 is 5.91 Å². The van der Waals surface area contributed by atoms with E-state index >= 15 is 0 Å². The van der Waals surface area contributed by atoms with E-state index in [-0.39, 0.29) is 18.5 Å². The van der Waals surface area contributed by atoms with Gasteiger partial charge in [0.2, 0.25) is 5.91 Å². The van der Waals surface area contributed by atoms with Crippen LogP contribution in [0.2, 0.25) is 0 Å². The van der Waals surface area contributed by atoms with Gasteiger partial charge in [0, 0.05) is 6.20 Å². The van der Waals surface area contributed by atoms with Crippen molar-refractivity contribution < 1.29 is 4.79 Å². The van der Waals surface area contributed by atoms with Crippen LogP contribution in [0.25, 0.3) is 0 Å². The van der Waals surface area contributed by atoms with E-state index in [0.717, 1.165) is 24.1 Å². The van der Waals surface area contributed by atoms with Gasteiger partial charge in [0.15, 0.2) is 0 Å². The maximum Gasteiger partial charge on any atom is 0.242 e. The average molecular weight is 287 g/mol. The van der Waals surface area contributed by atoms with Crippen molar-refractivity contribution in [3.8, 4) is 0 Å². The molecule has 2 aromatic rings. The number of amides is 1. The number of nitrogens with zero attached hydrogens (tertiary/aromatic N) is 3. The number of hydrogen-bond donors (Lipinski definition) is 2. The predicted octanol–water partition coefficient (Wildman–Crippen LogP) is 1.05. The molecule has 1 aromatic heterocycles. The number of aryl methyl sites for hydroxylation is 1. The van der Waals surface area contributed by atoms with Crippen LogP contribution in [0.5, 0.6) is 0 Å². The minimum atomic E-state index is -0.0818. The van der Waals surface area contributed by atoms with Gasteiger partial charge in [-0.1, -0.05) is 35.5 Å². The lowest BCUT2D eigenvalue weighted by atomic mass is 10.1. The molecule has 0 saturated heterocycles. The Kier molecular flexibility index (Phi) is 5.45. The molecule has 21 heavy (non-hydrogen) atoms. The van der Waals surface area contributed by atoms with Crippen LogP contribution >= 0.6 is 0 Å². The molecular formula is C15H21N5O. The van der Waals surface area contributed by atoms with Crippen molar-refractivity contribution in [3.63, 3.8) is 0 Å². The van der Waals surface area contributed by atoms with Crippen molar-refractivity contribution in [2.45, 2.75) is 32.4 Å². The molecule has 0 aliphatic heterocycles. The van der Waals surface area contributed by atoms with Gasteiger partial charge in [0.05, 0.1) is 11.7 Å². The highest BCUT2D eigenvalue weighted by Crippen LogP contribution is 2.10. The SMILES string of the molecule is CC(NC(=O)Cn1cc(CCCN)nn1)c1ccccc1. The molecule has 1 atom stereocenters. The highest BCUT2D eigenvalue weighted by Gasteiger charge is 2.10. The third kappa shape index (κ3) is 4.68. The standard InChI is InChI=1S/C15H21N5O/c1-12(13-6-3-2-4-7-13)17-15(21)11-20-10-14(18-19-20)8-5-9-16/h2-4,6-7,10,12H,5,8-9,11,16H2,1H3,(H,17,21). The Labute approximate surface area is 124 Å². The molecule has 0 aliphatic carbocycles. The number of rotatable bonds is 7. The summed E-state index contributed by atoms with van der Waals surface area (Å²) >= 11 is 0. The zero-order valence-corrected chi connectivity index (χ0v) is 12.2. The lowest BCUT2D eigenvalue weighted by molar-refractivity contribution is -0.122. The molecule has 112 valence electrons. The molecule has 1 heterocycles. The molecule has 6 heteroatoms. The van der Waals surface area contributed by atoms with Crippen LogP contribution in [-0.4, -0.2) is 27.4 Å². The van der Waals surface area contributed by atoms with Gasteiger partial charge in [0.25, 0.3) is 0 Å². The molecule has 1 aromatic carbocycles.